The molecule has 7 heteroatoms. The third kappa shape index (κ3) is 5.45. The summed E-state index contributed by atoms with van der Waals surface area (Å²) in [5, 5.41) is 1.76. The maximum Gasteiger partial charge on any atom is 0.255 e. The van der Waals surface area contributed by atoms with E-state index in [9.17, 15) is 9.59 Å². The van der Waals surface area contributed by atoms with Crippen molar-refractivity contribution in [1.82, 2.24) is 14.8 Å². The fourth-order valence-electron chi connectivity index (χ4n) is 7.20. The fraction of sp³-hybridized carbons (Fsp3) is 0.282. The van der Waals surface area contributed by atoms with Crippen LogP contribution in [0.15, 0.2) is 97.1 Å². The van der Waals surface area contributed by atoms with Gasteiger partial charge in [-0.25, -0.2) is 0 Å². The number of nitrogens with one attached hydrogen (secondary N) is 1. The monoisotopic (exact) mass is 630 g/mol. The number of hydrogen-bond donors (Lipinski definition) is 1. The highest BCUT2D eigenvalue weighted by molar-refractivity contribution is 6.30. The number of fused-ring (bicyclic) bond motifs is 2. The molecule has 2 amide bonds. The van der Waals surface area contributed by atoms with Crippen molar-refractivity contribution in [2.75, 3.05) is 31.1 Å². The first kappa shape index (κ1) is 30.1. The first-order valence-electron chi connectivity index (χ1n) is 16.2. The van der Waals surface area contributed by atoms with Crippen molar-refractivity contribution < 1.29 is 9.59 Å². The lowest BCUT2D eigenvalue weighted by atomic mass is 9.91. The van der Waals surface area contributed by atoms with Crippen molar-refractivity contribution >= 4 is 40.0 Å². The van der Waals surface area contributed by atoms with E-state index in [2.05, 4.69) is 79.2 Å². The number of amides is 2. The Hall–Kier alpha value is -4.55. The van der Waals surface area contributed by atoms with Gasteiger partial charge in [0, 0.05) is 58.9 Å². The lowest BCUT2D eigenvalue weighted by Gasteiger charge is -2.41. The van der Waals surface area contributed by atoms with Crippen LogP contribution in [0.5, 0.6) is 0 Å². The molecule has 7 rings (SSSR count). The van der Waals surface area contributed by atoms with Crippen molar-refractivity contribution in [2.45, 2.75) is 39.3 Å². The molecule has 1 saturated heterocycles. The second-order valence-electron chi connectivity index (χ2n) is 13.0. The van der Waals surface area contributed by atoms with Crippen LogP contribution in [-0.2, 0) is 4.79 Å². The van der Waals surface area contributed by atoms with E-state index in [1.807, 2.05) is 58.3 Å². The molecule has 0 aliphatic carbocycles. The summed E-state index contributed by atoms with van der Waals surface area (Å²) in [5.74, 6) is 0.137. The number of carbonyl (C=O) groups is 2. The van der Waals surface area contributed by atoms with Gasteiger partial charge in [0.2, 0.25) is 5.91 Å². The number of anilines is 1. The van der Waals surface area contributed by atoms with Gasteiger partial charge in [-0.1, -0.05) is 97.7 Å². The van der Waals surface area contributed by atoms with Gasteiger partial charge < -0.3 is 19.7 Å². The third-order valence-electron chi connectivity index (χ3n) is 9.44. The Morgan fingerprint density at radius 2 is 1.61 bits per heavy atom. The summed E-state index contributed by atoms with van der Waals surface area (Å²) in [4.78, 5) is 39.0. The van der Waals surface area contributed by atoms with Gasteiger partial charge in [0.25, 0.3) is 5.91 Å². The molecule has 2 aliphatic rings. The Kier molecular flexibility index (Phi) is 8.07. The normalized spacial score (nSPS) is 17.2. The maximum atomic E-state index is 14.7. The highest BCUT2D eigenvalue weighted by Gasteiger charge is 2.47. The van der Waals surface area contributed by atoms with Gasteiger partial charge in [-0.2, -0.15) is 0 Å². The van der Waals surface area contributed by atoms with E-state index in [-0.39, 0.29) is 17.7 Å². The van der Waals surface area contributed by atoms with E-state index in [1.165, 1.54) is 5.56 Å². The fourth-order valence-corrected chi connectivity index (χ4v) is 7.38. The topological polar surface area (TPSA) is 59.7 Å². The number of benzene rings is 4. The molecule has 6 nitrogen and oxygen atoms in total. The average molecular weight is 631 g/mol. The van der Waals surface area contributed by atoms with Crippen LogP contribution in [0.2, 0.25) is 5.02 Å². The van der Waals surface area contributed by atoms with Gasteiger partial charge >= 0.3 is 0 Å². The Morgan fingerprint density at radius 1 is 0.891 bits per heavy atom. The van der Waals surface area contributed by atoms with Gasteiger partial charge in [0.1, 0.15) is 6.04 Å². The maximum absolute atomic E-state index is 14.7. The van der Waals surface area contributed by atoms with Crippen molar-refractivity contribution in [3.63, 3.8) is 0 Å². The van der Waals surface area contributed by atoms with Crippen molar-refractivity contribution in [3.05, 3.63) is 124 Å². The molecule has 4 aromatic carbocycles. The van der Waals surface area contributed by atoms with E-state index >= 15 is 0 Å². The second kappa shape index (κ2) is 12.3. The zero-order chi connectivity index (χ0) is 31.9. The first-order chi connectivity index (χ1) is 22.3. The quantitative estimate of drug-likeness (QED) is 0.198. The largest absolute Gasteiger partial charge is 0.368 e. The van der Waals surface area contributed by atoms with E-state index in [0.717, 1.165) is 39.0 Å². The molecule has 0 saturated carbocycles. The molecule has 0 radical (unpaired) electrons. The zero-order valence-electron chi connectivity index (χ0n) is 26.5. The van der Waals surface area contributed by atoms with Crippen molar-refractivity contribution in [3.8, 4) is 11.3 Å². The van der Waals surface area contributed by atoms with Crippen molar-refractivity contribution in [2.24, 2.45) is 5.92 Å². The van der Waals surface area contributed by atoms with Crippen LogP contribution in [-0.4, -0.2) is 58.8 Å². The molecule has 234 valence electrons. The predicted molar refractivity (Wildman–Crippen MR) is 186 cm³/mol. The molecule has 2 unspecified atom stereocenters. The summed E-state index contributed by atoms with van der Waals surface area (Å²) in [6.07, 6.45) is 0.575. The predicted octanol–water partition coefficient (Wildman–Crippen LogP) is 8.11. The Balaban J connectivity index is 1.31. The molecule has 3 heterocycles. The van der Waals surface area contributed by atoms with Crippen LogP contribution < -0.4 is 4.90 Å². The van der Waals surface area contributed by atoms with Gasteiger partial charge in [-0.15, -0.1) is 0 Å². The number of piperazine rings is 1. The number of rotatable bonds is 7. The summed E-state index contributed by atoms with van der Waals surface area (Å²) < 4.78 is 0. The van der Waals surface area contributed by atoms with Crippen LogP contribution in [0.25, 0.3) is 22.2 Å². The average Bonchev–Trinajstić information content (AvgIpc) is 3.58. The lowest BCUT2D eigenvalue weighted by Crippen LogP contribution is -2.56. The zero-order valence-corrected chi connectivity index (χ0v) is 27.3. The number of aromatic amines is 1. The standard InChI is InChI=1S/C39H39ClN4O2/c1-25(2)23-34(39(46)43-21-19-42(20-22-43)29-10-8-9-28(40)24-29)44-37(30-11-4-5-12-31(30)38(44)45)35-32-13-6-7-14-33(32)41-36(35)27-17-15-26(3)16-18-27/h4-18,24-25,34,37,41H,19-23H2,1-3H3. The molecule has 1 fully saturated rings. The minimum absolute atomic E-state index is 0.0160. The number of aromatic nitrogens is 1. The van der Waals surface area contributed by atoms with Gasteiger partial charge in [0.05, 0.1) is 11.7 Å². The summed E-state index contributed by atoms with van der Waals surface area (Å²) >= 11 is 6.28. The van der Waals surface area contributed by atoms with Gasteiger partial charge in [0.15, 0.2) is 0 Å². The molecule has 1 aromatic heterocycles. The van der Waals surface area contributed by atoms with Gasteiger partial charge in [-0.3, -0.25) is 9.59 Å². The number of carbonyl (C=O) groups excluding carboxylic acids is 2. The SMILES string of the molecule is Cc1ccc(-c2[nH]c3ccccc3c2C2c3ccccc3C(=O)N2C(CC(C)C)C(=O)N2CCN(c3cccc(Cl)c3)CC2)cc1. The van der Waals surface area contributed by atoms with Gasteiger partial charge in [-0.05, 0) is 60.7 Å². The number of halogens is 1. The Labute approximate surface area is 275 Å². The smallest absolute Gasteiger partial charge is 0.255 e. The van der Waals surface area contributed by atoms with Crippen LogP contribution in [0, 0.1) is 12.8 Å². The molecular weight excluding hydrogens is 592 g/mol. The molecule has 2 aliphatic heterocycles. The molecule has 46 heavy (non-hydrogen) atoms. The van der Waals surface area contributed by atoms with Crippen LogP contribution >= 0.6 is 11.6 Å². The second-order valence-corrected chi connectivity index (χ2v) is 13.4. The molecule has 0 bridgehead atoms. The number of aryl methyl sites for hydroxylation is 1. The minimum atomic E-state index is -0.609. The molecule has 0 spiro atoms. The van der Waals surface area contributed by atoms with E-state index < -0.39 is 12.1 Å². The van der Waals surface area contributed by atoms with E-state index in [4.69, 9.17) is 11.6 Å². The van der Waals surface area contributed by atoms with Crippen LogP contribution in [0.3, 0.4) is 0 Å². The molecular formula is C39H39ClN4O2. The summed E-state index contributed by atoms with van der Waals surface area (Å²) in [6.45, 7) is 8.92. The highest BCUT2D eigenvalue weighted by Crippen LogP contribution is 2.47. The minimum Gasteiger partial charge on any atom is -0.368 e. The summed E-state index contributed by atoms with van der Waals surface area (Å²) in [6, 6.07) is 31.5. The van der Waals surface area contributed by atoms with Crippen molar-refractivity contribution in [1.29, 1.82) is 0 Å². The summed E-state index contributed by atoms with van der Waals surface area (Å²) in [5.41, 5.74) is 7.93. The number of nitrogens with zero attached hydrogens (tertiary/aromatic N) is 3. The van der Waals surface area contributed by atoms with E-state index in [1.54, 1.807) is 0 Å². The lowest BCUT2D eigenvalue weighted by molar-refractivity contribution is -0.137. The first-order valence-corrected chi connectivity index (χ1v) is 16.6. The molecule has 2 atom stereocenters. The third-order valence-corrected chi connectivity index (χ3v) is 9.67. The number of H-pyrrole nitrogens is 1. The Bertz CT molecular complexity index is 1910. The van der Waals surface area contributed by atoms with Crippen LogP contribution in [0.1, 0.15) is 53.4 Å². The number of para-hydroxylation sites is 1. The number of hydrogen-bond acceptors (Lipinski definition) is 3. The van der Waals surface area contributed by atoms with E-state index in [0.29, 0.717) is 43.2 Å². The Morgan fingerprint density at radius 3 is 2.35 bits per heavy atom. The summed E-state index contributed by atoms with van der Waals surface area (Å²) in [7, 11) is 0. The molecule has 1 N–H and O–H groups in total. The molecule has 5 aromatic rings. The van der Waals surface area contributed by atoms with Crippen LogP contribution in [0.4, 0.5) is 5.69 Å². The highest BCUT2D eigenvalue weighted by atomic mass is 35.5.